The fourth-order valence-electron chi connectivity index (χ4n) is 2.53. The van der Waals surface area contributed by atoms with Crippen LogP contribution in [-0.2, 0) is 4.79 Å². The van der Waals surface area contributed by atoms with Gasteiger partial charge >= 0.3 is 0 Å². The minimum Gasteiger partial charge on any atom is -0.487 e. The van der Waals surface area contributed by atoms with E-state index in [1.165, 1.54) is 6.26 Å². The quantitative estimate of drug-likeness (QED) is 0.477. The predicted molar refractivity (Wildman–Crippen MR) is 112 cm³/mol. The van der Waals surface area contributed by atoms with E-state index in [2.05, 4.69) is 22.5 Å². The van der Waals surface area contributed by atoms with Gasteiger partial charge in [0, 0.05) is 11.4 Å². The summed E-state index contributed by atoms with van der Waals surface area (Å²) < 4.78 is 10.6. The third-order valence-corrected chi connectivity index (χ3v) is 3.84. The van der Waals surface area contributed by atoms with Crippen molar-refractivity contribution in [2.75, 3.05) is 29.1 Å². The van der Waals surface area contributed by atoms with Crippen LogP contribution in [0.3, 0.4) is 0 Å². The molecule has 1 heterocycles. The number of ether oxygens (including phenoxy) is 1. The van der Waals surface area contributed by atoms with Gasteiger partial charge in [0.1, 0.15) is 12.4 Å². The van der Waals surface area contributed by atoms with Crippen molar-refractivity contribution < 1.29 is 18.7 Å². The second-order valence-corrected chi connectivity index (χ2v) is 6.01. The van der Waals surface area contributed by atoms with Crippen LogP contribution in [0.2, 0.25) is 0 Å². The molecular weight excluding hydrogens is 370 g/mol. The van der Waals surface area contributed by atoms with Crippen LogP contribution in [0, 0.1) is 0 Å². The highest BCUT2D eigenvalue weighted by molar-refractivity contribution is 6.02. The molecule has 3 rings (SSSR count). The van der Waals surface area contributed by atoms with Gasteiger partial charge in [0.05, 0.1) is 18.5 Å². The molecule has 0 bridgehead atoms. The summed E-state index contributed by atoms with van der Waals surface area (Å²) in [4.78, 5) is 24.4. The van der Waals surface area contributed by atoms with Crippen molar-refractivity contribution in [3.63, 3.8) is 0 Å². The summed E-state index contributed by atoms with van der Waals surface area (Å²) in [6, 6.07) is 17.5. The molecule has 29 heavy (non-hydrogen) atoms. The highest BCUT2D eigenvalue weighted by atomic mass is 16.5. The van der Waals surface area contributed by atoms with E-state index < -0.39 is 0 Å². The molecule has 0 saturated heterocycles. The number of hydrogen-bond acceptors (Lipinski definition) is 5. The average molecular weight is 391 g/mol. The Hall–Kier alpha value is -4.00. The van der Waals surface area contributed by atoms with Crippen molar-refractivity contribution in [2.45, 2.75) is 0 Å². The summed E-state index contributed by atoms with van der Waals surface area (Å²) >= 11 is 0. The largest absolute Gasteiger partial charge is 0.487 e. The molecule has 7 nitrogen and oxygen atoms in total. The SMILES string of the molecule is C=CCOc1ccccc1NC(=O)CNc1cccc(NC(=O)c2ccco2)c1. The zero-order valence-electron chi connectivity index (χ0n) is 15.7. The van der Waals surface area contributed by atoms with Gasteiger partial charge in [-0.3, -0.25) is 9.59 Å². The Balaban J connectivity index is 1.55. The number of benzene rings is 2. The summed E-state index contributed by atoms with van der Waals surface area (Å²) in [7, 11) is 0. The minimum atomic E-state index is -0.346. The van der Waals surface area contributed by atoms with Crippen molar-refractivity contribution in [1.82, 2.24) is 0 Å². The first-order valence-electron chi connectivity index (χ1n) is 8.97. The maximum atomic E-state index is 12.3. The molecule has 0 radical (unpaired) electrons. The molecule has 0 aliphatic carbocycles. The van der Waals surface area contributed by atoms with Gasteiger partial charge < -0.3 is 25.1 Å². The fraction of sp³-hybridized carbons (Fsp3) is 0.0909. The number of hydrogen-bond donors (Lipinski definition) is 3. The molecular formula is C22H21N3O4. The van der Waals surface area contributed by atoms with Gasteiger partial charge in [-0.2, -0.15) is 0 Å². The molecule has 2 aromatic carbocycles. The first kappa shape index (κ1) is 19.8. The van der Waals surface area contributed by atoms with Gasteiger partial charge in [0.2, 0.25) is 5.91 Å². The van der Waals surface area contributed by atoms with Crippen LogP contribution in [0.25, 0.3) is 0 Å². The number of carbonyl (C=O) groups excluding carboxylic acids is 2. The molecule has 7 heteroatoms. The number of amides is 2. The van der Waals surface area contributed by atoms with Crippen LogP contribution >= 0.6 is 0 Å². The average Bonchev–Trinajstić information content (AvgIpc) is 3.27. The summed E-state index contributed by atoms with van der Waals surface area (Å²) in [5.74, 6) is 0.217. The molecule has 0 spiro atoms. The standard InChI is InChI=1S/C22H21N3O4/c1-2-12-28-19-10-4-3-9-18(19)25-21(26)15-23-16-7-5-8-17(14-16)24-22(27)20-11-6-13-29-20/h2-11,13-14,23H,1,12,15H2,(H,24,27)(H,25,26). The van der Waals surface area contributed by atoms with Crippen LogP contribution in [0.5, 0.6) is 5.75 Å². The molecule has 0 aliphatic rings. The van der Waals surface area contributed by atoms with Crippen LogP contribution in [0.1, 0.15) is 10.6 Å². The monoisotopic (exact) mass is 391 g/mol. The number of carbonyl (C=O) groups is 2. The van der Waals surface area contributed by atoms with Gasteiger partial charge in [0.25, 0.3) is 5.91 Å². The van der Waals surface area contributed by atoms with Crippen LogP contribution < -0.4 is 20.7 Å². The zero-order chi connectivity index (χ0) is 20.5. The van der Waals surface area contributed by atoms with Crippen molar-refractivity contribution in [2.24, 2.45) is 0 Å². The Morgan fingerprint density at radius 2 is 1.83 bits per heavy atom. The van der Waals surface area contributed by atoms with E-state index >= 15 is 0 Å². The summed E-state index contributed by atoms with van der Waals surface area (Å²) in [5.41, 5.74) is 1.86. The summed E-state index contributed by atoms with van der Waals surface area (Å²) in [6.07, 6.45) is 3.07. The van der Waals surface area contributed by atoms with Gasteiger partial charge in [0.15, 0.2) is 5.76 Å². The third kappa shape index (κ3) is 5.74. The number of anilines is 3. The number of rotatable bonds is 9. The Kier molecular flexibility index (Phi) is 6.67. The number of furan rings is 1. The first-order valence-corrected chi connectivity index (χ1v) is 8.97. The van der Waals surface area contributed by atoms with Crippen molar-refractivity contribution >= 4 is 28.9 Å². The Labute approximate surface area is 168 Å². The molecule has 3 N–H and O–H groups in total. The van der Waals surface area contributed by atoms with E-state index in [1.54, 1.807) is 54.6 Å². The maximum Gasteiger partial charge on any atom is 0.291 e. The second-order valence-electron chi connectivity index (χ2n) is 6.01. The Bertz CT molecular complexity index is 983. The highest BCUT2D eigenvalue weighted by Gasteiger charge is 2.10. The van der Waals surface area contributed by atoms with Gasteiger partial charge in [-0.1, -0.05) is 30.9 Å². The number of nitrogens with one attached hydrogen (secondary N) is 3. The molecule has 0 aliphatic heterocycles. The van der Waals surface area contributed by atoms with E-state index in [4.69, 9.17) is 9.15 Å². The van der Waals surface area contributed by atoms with Crippen molar-refractivity contribution in [3.05, 3.63) is 85.3 Å². The Morgan fingerprint density at radius 3 is 2.62 bits per heavy atom. The normalized spacial score (nSPS) is 10.1. The second kappa shape index (κ2) is 9.80. The maximum absolute atomic E-state index is 12.3. The molecule has 1 aromatic heterocycles. The molecule has 2 amide bonds. The molecule has 0 saturated carbocycles. The lowest BCUT2D eigenvalue weighted by molar-refractivity contribution is -0.114. The van der Waals surface area contributed by atoms with E-state index in [1.807, 2.05) is 12.1 Å². The predicted octanol–water partition coefficient (Wildman–Crippen LogP) is 4.15. The number of para-hydroxylation sites is 2. The summed E-state index contributed by atoms with van der Waals surface area (Å²) in [6.45, 7) is 4.01. The smallest absolute Gasteiger partial charge is 0.291 e. The van der Waals surface area contributed by atoms with Crippen LogP contribution in [0.15, 0.2) is 84.0 Å². The van der Waals surface area contributed by atoms with Gasteiger partial charge in [-0.15, -0.1) is 0 Å². The van der Waals surface area contributed by atoms with Crippen LogP contribution in [0.4, 0.5) is 17.1 Å². The summed E-state index contributed by atoms with van der Waals surface area (Å²) in [5, 5.41) is 8.59. The van der Waals surface area contributed by atoms with E-state index in [-0.39, 0.29) is 24.1 Å². The van der Waals surface area contributed by atoms with Crippen molar-refractivity contribution in [1.29, 1.82) is 0 Å². The lowest BCUT2D eigenvalue weighted by Gasteiger charge is -2.12. The van der Waals surface area contributed by atoms with Crippen molar-refractivity contribution in [3.8, 4) is 5.75 Å². The lowest BCUT2D eigenvalue weighted by Crippen LogP contribution is -2.22. The van der Waals surface area contributed by atoms with Gasteiger partial charge in [-0.05, 0) is 42.5 Å². The van der Waals surface area contributed by atoms with E-state index in [0.717, 1.165) is 0 Å². The molecule has 0 fully saturated rings. The van der Waals surface area contributed by atoms with Gasteiger partial charge in [-0.25, -0.2) is 0 Å². The van der Waals surface area contributed by atoms with E-state index in [0.29, 0.717) is 29.4 Å². The molecule has 0 unspecified atom stereocenters. The third-order valence-electron chi connectivity index (χ3n) is 3.84. The molecule has 148 valence electrons. The fourth-order valence-corrected chi connectivity index (χ4v) is 2.53. The minimum absolute atomic E-state index is 0.0470. The topological polar surface area (TPSA) is 92.6 Å². The first-order chi connectivity index (χ1) is 14.2. The lowest BCUT2D eigenvalue weighted by atomic mass is 10.2. The molecule has 0 atom stereocenters. The Morgan fingerprint density at radius 1 is 1.00 bits per heavy atom. The van der Waals surface area contributed by atoms with E-state index in [9.17, 15) is 9.59 Å². The molecule has 3 aromatic rings. The van der Waals surface area contributed by atoms with Crippen LogP contribution in [-0.4, -0.2) is 25.0 Å². The highest BCUT2D eigenvalue weighted by Crippen LogP contribution is 2.23. The zero-order valence-corrected chi connectivity index (χ0v) is 15.7.